The van der Waals surface area contributed by atoms with E-state index in [0.717, 1.165) is 77.1 Å². The highest BCUT2D eigenvalue weighted by molar-refractivity contribution is 14.0. The molecular formula is C21H33IN6O2. The number of piperazine rings is 1. The number of hydrogen-bond acceptors (Lipinski definition) is 5. The molecule has 0 aromatic carbocycles. The molecule has 1 aromatic heterocycles. The summed E-state index contributed by atoms with van der Waals surface area (Å²) in [6.45, 7) is 7.52. The van der Waals surface area contributed by atoms with Gasteiger partial charge >= 0.3 is 0 Å². The van der Waals surface area contributed by atoms with E-state index < -0.39 is 0 Å². The highest BCUT2D eigenvalue weighted by Crippen LogP contribution is 2.38. The minimum atomic E-state index is 0. The molecule has 4 rings (SSSR count). The van der Waals surface area contributed by atoms with Crippen LogP contribution in [0.3, 0.4) is 0 Å². The Bertz CT molecular complexity index is 717. The number of aliphatic imine (C=N–C) groups is 1. The fourth-order valence-corrected chi connectivity index (χ4v) is 4.58. The van der Waals surface area contributed by atoms with Crippen molar-refractivity contribution in [2.45, 2.75) is 19.3 Å². The van der Waals surface area contributed by atoms with Crippen molar-refractivity contribution in [1.29, 1.82) is 0 Å². The first-order chi connectivity index (χ1) is 14.2. The first kappa shape index (κ1) is 23.1. The number of guanidine groups is 1. The number of ether oxygens (including phenoxy) is 1. The van der Waals surface area contributed by atoms with Gasteiger partial charge in [-0.05, 0) is 25.0 Å². The summed E-state index contributed by atoms with van der Waals surface area (Å²) in [5.74, 6) is 2.10. The van der Waals surface area contributed by atoms with Gasteiger partial charge in [-0.3, -0.25) is 9.79 Å². The van der Waals surface area contributed by atoms with Crippen LogP contribution in [-0.4, -0.2) is 92.7 Å². The summed E-state index contributed by atoms with van der Waals surface area (Å²) >= 11 is 0. The Labute approximate surface area is 196 Å². The fourth-order valence-electron chi connectivity index (χ4n) is 4.58. The maximum Gasteiger partial charge on any atom is 0.224 e. The lowest BCUT2D eigenvalue weighted by atomic mass is 9.87. The highest BCUT2D eigenvalue weighted by atomic mass is 127. The Morgan fingerprint density at radius 1 is 1.20 bits per heavy atom. The van der Waals surface area contributed by atoms with E-state index in [9.17, 15) is 4.79 Å². The molecule has 3 fully saturated rings. The van der Waals surface area contributed by atoms with Gasteiger partial charge in [-0.1, -0.05) is 6.07 Å². The number of carbonyl (C=O) groups excluding carboxylic acids is 1. The van der Waals surface area contributed by atoms with Crippen LogP contribution in [-0.2, 0) is 9.53 Å². The monoisotopic (exact) mass is 528 g/mol. The quantitative estimate of drug-likeness (QED) is 0.362. The molecule has 1 amide bonds. The molecule has 30 heavy (non-hydrogen) atoms. The molecule has 4 heterocycles. The van der Waals surface area contributed by atoms with Gasteiger partial charge in [0.2, 0.25) is 5.91 Å². The molecule has 3 saturated heterocycles. The lowest BCUT2D eigenvalue weighted by Gasteiger charge is -2.35. The number of likely N-dealkylation sites (tertiary alicyclic amines) is 1. The second kappa shape index (κ2) is 10.6. The van der Waals surface area contributed by atoms with Gasteiger partial charge in [0.05, 0.1) is 6.61 Å². The minimum Gasteiger partial charge on any atom is -0.381 e. The van der Waals surface area contributed by atoms with E-state index in [1.807, 2.05) is 36.3 Å². The SMILES string of the molecule is CN=C(NCCC(=O)N1CCN(c2ccccn2)CC1)N1CCC2(CCOC2)C1.I. The lowest BCUT2D eigenvalue weighted by molar-refractivity contribution is -0.131. The fraction of sp³-hybridized carbons (Fsp3) is 0.667. The largest absolute Gasteiger partial charge is 0.381 e. The molecule has 8 nitrogen and oxygen atoms in total. The number of nitrogens with zero attached hydrogens (tertiary/aromatic N) is 5. The molecule has 1 aromatic rings. The first-order valence-corrected chi connectivity index (χ1v) is 10.7. The second-order valence-corrected chi connectivity index (χ2v) is 8.25. The van der Waals surface area contributed by atoms with Crippen LogP contribution in [0.25, 0.3) is 0 Å². The van der Waals surface area contributed by atoms with Crippen LogP contribution < -0.4 is 10.2 Å². The molecule has 0 radical (unpaired) electrons. The lowest BCUT2D eigenvalue weighted by Crippen LogP contribution is -2.49. The number of anilines is 1. The van der Waals surface area contributed by atoms with Gasteiger partial charge in [0.25, 0.3) is 0 Å². The summed E-state index contributed by atoms with van der Waals surface area (Å²) in [5, 5.41) is 3.39. The van der Waals surface area contributed by atoms with Crippen molar-refractivity contribution in [3.63, 3.8) is 0 Å². The molecule has 0 saturated carbocycles. The van der Waals surface area contributed by atoms with E-state index in [2.05, 4.69) is 25.1 Å². The zero-order valence-corrected chi connectivity index (χ0v) is 20.1. The summed E-state index contributed by atoms with van der Waals surface area (Å²) < 4.78 is 5.62. The molecule has 1 atom stereocenters. The van der Waals surface area contributed by atoms with Crippen LogP contribution in [0.1, 0.15) is 19.3 Å². The van der Waals surface area contributed by atoms with Crippen molar-refractivity contribution < 1.29 is 9.53 Å². The third-order valence-electron chi connectivity index (χ3n) is 6.36. The topological polar surface area (TPSA) is 73.3 Å². The summed E-state index contributed by atoms with van der Waals surface area (Å²) in [6.07, 6.45) is 4.61. The van der Waals surface area contributed by atoms with Crippen molar-refractivity contribution in [3.05, 3.63) is 24.4 Å². The molecule has 1 N–H and O–H groups in total. The summed E-state index contributed by atoms with van der Waals surface area (Å²) in [4.78, 5) is 28.0. The van der Waals surface area contributed by atoms with Crippen molar-refractivity contribution in [3.8, 4) is 0 Å². The smallest absolute Gasteiger partial charge is 0.224 e. The molecule has 1 unspecified atom stereocenters. The number of aromatic nitrogens is 1. The number of rotatable bonds is 4. The van der Waals surface area contributed by atoms with Gasteiger partial charge in [0.15, 0.2) is 5.96 Å². The van der Waals surface area contributed by atoms with Crippen molar-refractivity contribution >= 4 is 41.7 Å². The first-order valence-electron chi connectivity index (χ1n) is 10.7. The Hall–Kier alpha value is -1.62. The van der Waals surface area contributed by atoms with E-state index in [4.69, 9.17) is 4.74 Å². The van der Waals surface area contributed by atoms with Gasteiger partial charge in [-0.15, -0.1) is 24.0 Å². The number of amides is 1. The number of halogens is 1. The van der Waals surface area contributed by atoms with Gasteiger partial charge in [0, 0.05) is 77.5 Å². The number of hydrogen-bond donors (Lipinski definition) is 1. The molecule has 3 aliphatic rings. The molecule has 9 heteroatoms. The van der Waals surface area contributed by atoms with E-state index in [1.165, 1.54) is 0 Å². The average Bonchev–Trinajstić information content (AvgIpc) is 3.41. The molecule has 1 spiro atoms. The van der Waals surface area contributed by atoms with Crippen LogP contribution in [0.15, 0.2) is 29.4 Å². The number of nitrogens with one attached hydrogen (secondary N) is 1. The van der Waals surface area contributed by atoms with E-state index in [1.54, 1.807) is 0 Å². The predicted octanol–water partition coefficient (Wildman–Crippen LogP) is 1.43. The number of carbonyl (C=O) groups is 1. The van der Waals surface area contributed by atoms with Crippen LogP contribution in [0.4, 0.5) is 5.82 Å². The zero-order chi connectivity index (χ0) is 20.1. The van der Waals surface area contributed by atoms with Gasteiger partial charge in [0.1, 0.15) is 5.82 Å². The standard InChI is InChI=1S/C21H32N6O2.HI/c1-22-20(27-10-6-21(16-27)7-15-29-17-21)24-9-5-19(28)26-13-11-25(12-14-26)18-4-2-3-8-23-18;/h2-4,8H,5-7,9-17H2,1H3,(H,22,24);1H. The highest BCUT2D eigenvalue weighted by Gasteiger charge is 2.42. The Balaban J connectivity index is 0.00000256. The Kier molecular flexibility index (Phi) is 8.15. The molecule has 166 valence electrons. The van der Waals surface area contributed by atoms with Gasteiger partial charge < -0.3 is 24.8 Å². The van der Waals surface area contributed by atoms with Crippen LogP contribution in [0, 0.1) is 5.41 Å². The van der Waals surface area contributed by atoms with Crippen molar-refractivity contribution in [2.24, 2.45) is 10.4 Å². The average molecular weight is 528 g/mol. The zero-order valence-electron chi connectivity index (χ0n) is 17.8. The van der Waals surface area contributed by atoms with E-state index >= 15 is 0 Å². The third kappa shape index (κ3) is 5.35. The summed E-state index contributed by atoms with van der Waals surface area (Å²) in [7, 11) is 1.82. The summed E-state index contributed by atoms with van der Waals surface area (Å²) in [5.41, 5.74) is 0.306. The molecule has 0 bridgehead atoms. The molecule has 3 aliphatic heterocycles. The van der Waals surface area contributed by atoms with Gasteiger partial charge in [-0.2, -0.15) is 0 Å². The van der Waals surface area contributed by atoms with Crippen LogP contribution >= 0.6 is 24.0 Å². The maximum absolute atomic E-state index is 12.6. The molecule has 0 aliphatic carbocycles. The molecular weight excluding hydrogens is 495 g/mol. The second-order valence-electron chi connectivity index (χ2n) is 8.25. The Morgan fingerprint density at radius 3 is 2.70 bits per heavy atom. The van der Waals surface area contributed by atoms with Gasteiger partial charge in [-0.25, -0.2) is 4.98 Å². The normalized spacial score (nSPS) is 24.3. The maximum atomic E-state index is 12.6. The van der Waals surface area contributed by atoms with Crippen LogP contribution in [0.2, 0.25) is 0 Å². The van der Waals surface area contributed by atoms with E-state index in [0.29, 0.717) is 18.4 Å². The van der Waals surface area contributed by atoms with Crippen LogP contribution in [0.5, 0.6) is 0 Å². The Morgan fingerprint density at radius 2 is 2.03 bits per heavy atom. The number of pyridine rings is 1. The minimum absolute atomic E-state index is 0. The van der Waals surface area contributed by atoms with Crippen molar-refractivity contribution in [2.75, 3.05) is 71.0 Å². The van der Waals surface area contributed by atoms with E-state index in [-0.39, 0.29) is 29.9 Å². The summed E-state index contributed by atoms with van der Waals surface area (Å²) in [6, 6.07) is 5.95. The predicted molar refractivity (Wildman–Crippen MR) is 128 cm³/mol. The van der Waals surface area contributed by atoms with Crippen molar-refractivity contribution in [1.82, 2.24) is 20.1 Å². The third-order valence-corrected chi connectivity index (χ3v) is 6.36.